The Morgan fingerprint density at radius 1 is 0.921 bits per heavy atom. The van der Waals surface area contributed by atoms with Gasteiger partial charge in [0, 0.05) is 22.9 Å². The molecule has 0 saturated carbocycles. The van der Waals surface area contributed by atoms with Crippen molar-refractivity contribution in [2.45, 2.75) is 20.3 Å². The molecule has 0 aliphatic carbocycles. The minimum atomic E-state index is -0.0362. The Hall–Kier alpha value is -4.07. The molecule has 3 heterocycles. The van der Waals surface area contributed by atoms with Gasteiger partial charge in [-0.05, 0) is 44.0 Å². The molecule has 0 saturated heterocycles. The SMILES string of the molecule is Cc1ccc(-c2csc(N(CCc3ccccc3)C(=O)c3cc4c(C)nn(-c5ccccc5)c4s3)n2)cc1. The Labute approximate surface area is 229 Å². The van der Waals surface area contributed by atoms with E-state index in [4.69, 9.17) is 10.1 Å². The second-order valence-electron chi connectivity index (χ2n) is 9.24. The van der Waals surface area contributed by atoms with Gasteiger partial charge in [-0.25, -0.2) is 9.67 Å². The van der Waals surface area contributed by atoms with Crippen LogP contribution in [0.3, 0.4) is 0 Å². The van der Waals surface area contributed by atoms with Crippen LogP contribution in [0.2, 0.25) is 0 Å². The van der Waals surface area contributed by atoms with Crippen LogP contribution in [0.15, 0.2) is 96.4 Å². The summed E-state index contributed by atoms with van der Waals surface area (Å²) in [6.07, 6.45) is 0.744. The summed E-state index contributed by atoms with van der Waals surface area (Å²) in [6.45, 7) is 4.61. The van der Waals surface area contributed by atoms with Crippen LogP contribution in [0, 0.1) is 13.8 Å². The highest BCUT2D eigenvalue weighted by Gasteiger charge is 2.25. The molecule has 6 aromatic rings. The van der Waals surface area contributed by atoms with Gasteiger partial charge in [0.05, 0.1) is 22.0 Å². The van der Waals surface area contributed by atoms with Crippen molar-refractivity contribution in [3.05, 3.63) is 118 Å². The number of carbonyl (C=O) groups is 1. The zero-order valence-corrected chi connectivity index (χ0v) is 22.8. The number of hydrogen-bond donors (Lipinski definition) is 0. The number of para-hydroxylation sites is 1. The molecular formula is C31H26N4OS2. The largest absolute Gasteiger partial charge is 0.283 e. The van der Waals surface area contributed by atoms with E-state index in [1.165, 1.54) is 33.8 Å². The summed E-state index contributed by atoms with van der Waals surface area (Å²) in [5, 5.41) is 8.48. The third-order valence-electron chi connectivity index (χ3n) is 6.54. The van der Waals surface area contributed by atoms with Crippen molar-refractivity contribution in [3.8, 4) is 16.9 Å². The van der Waals surface area contributed by atoms with Crippen molar-refractivity contribution in [1.29, 1.82) is 0 Å². The molecule has 0 unspecified atom stereocenters. The summed E-state index contributed by atoms with van der Waals surface area (Å²) < 4.78 is 1.93. The van der Waals surface area contributed by atoms with Crippen molar-refractivity contribution in [3.63, 3.8) is 0 Å². The van der Waals surface area contributed by atoms with Gasteiger partial charge in [0.15, 0.2) is 5.13 Å². The van der Waals surface area contributed by atoms with E-state index >= 15 is 0 Å². The van der Waals surface area contributed by atoms with Crippen LogP contribution in [-0.4, -0.2) is 27.2 Å². The highest BCUT2D eigenvalue weighted by molar-refractivity contribution is 7.20. The molecule has 6 rings (SSSR count). The first-order valence-corrected chi connectivity index (χ1v) is 14.2. The van der Waals surface area contributed by atoms with E-state index in [-0.39, 0.29) is 5.91 Å². The lowest BCUT2D eigenvalue weighted by Gasteiger charge is -2.19. The number of thiazole rings is 1. The summed E-state index contributed by atoms with van der Waals surface area (Å²) in [7, 11) is 0. The second kappa shape index (κ2) is 10.4. The maximum absolute atomic E-state index is 14.1. The molecule has 1 amide bonds. The molecule has 0 aliphatic rings. The smallest absolute Gasteiger partial charge is 0.270 e. The zero-order valence-electron chi connectivity index (χ0n) is 21.2. The summed E-state index contributed by atoms with van der Waals surface area (Å²) >= 11 is 2.99. The molecule has 0 spiro atoms. The van der Waals surface area contributed by atoms with Gasteiger partial charge in [-0.3, -0.25) is 9.69 Å². The van der Waals surface area contributed by atoms with E-state index in [1.807, 2.05) is 76.5 Å². The van der Waals surface area contributed by atoms with Crippen LogP contribution in [0.5, 0.6) is 0 Å². The number of anilines is 1. The zero-order chi connectivity index (χ0) is 26.1. The van der Waals surface area contributed by atoms with Gasteiger partial charge in [0.25, 0.3) is 5.91 Å². The van der Waals surface area contributed by atoms with E-state index in [0.717, 1.165) is 39.3 Å². The number of amides is 1. The molecule has 7 heteroatoms. The van der Waals surface area contributed by atoms with Crippen molar-refractivity contribution in [1.82, 2.24) is 14.8 Å². The minimum absolute atomic E-state index is 0.0362. The number of carbonyl (C=O) groups excluding carboxylic acids is 1. The van der Waals surface area contributed by atoms with E-state index in [1.54, 1.807) is 0 Å². The molecule has 5 nitrogen and oxygen atoms in total. The van der Waals surface area contributed by atoms with Gasteiger partial charge >= 0.3 is 0 Å². The van der Waals surface area contributed by atoms with Crippen molar-refractivity contribution in [2.24, 2.45) is 0 Å². The third kappa shape index (κ3) is 4.78. The fraction of sp³-hybridized carbons (Fsp3) is 0.129. The van der Waals surface area contributed by atoms with E-state index in [0.29, 0.717) is 16.6 Å². The Balaban J connectivity index is 1.36. The number of rotatable bonds is 7. The molecule has 0 atom stereocenters. The Morgan fingerprint density at radius 3 is 2.37 bits per heavy atom. The lowest BCUT2D eigenvalue weighted by atomic mass is 10.1. The molecule has 38 heavy (non-hydrogen) atoms. The van der Waals surface area contributed by atoms with Gasteiger partial charge in [0.2, 0.25) is 0 Å². The van der Waals surface area contributed by atoms with Crippen LogP contribution in [0.4, 0.5) is 5.13 Å². The van der Waals surface area contributed by atoms with Gasteiger partial charge in [0.1, 0.15) is 4.83 Å². The topological polar surface area (TPSA) is 51.0 Å². The van der Waals surface area contributed by atoms with Crippen LogP contribution >= 0.6 is 22.7 Å². The van der Waals surface area contributed by atoms with E-state index < -0.39 is 0 Å². The maximum atomic E-state index is 14.1. The normalized spacial score (nSPS) is 11.2. The second-order valence-corrected chi connectivity index (χ2v) is 11.1. The Kier molecular flexibility index (Phi) is 6.62. The fourth-order valence-corrected chi connectivity index (χ4v) is 6.43. The predicted molar refractivity (Wildman–Crippen MR) is 158 cm³/mol. The maximum Gasteiger partial charge on any atom is 0.270 e. The quantitative estimate of drug-likeness (QED) is 0.211. The summed E-state index contributed by atoms with van der Waals surface area (Å²) in [4.78, 5) is 22.4. The van der Waals surface area contributed by atoms with Gasteiger partial charge in [-0.2, -0.15) is 5.10 Å². The fourth-order valence-electron chi connectivity index (χ4n) is 4.44. The van der Waals surface area contributed by atoms with Crippen molar-refractivity contribution in [2.75, 3.05) is 11.4 Å². The predicted octanol–water partition coefficient (Wildman–Crippen LogP) is 7.72. The molecular weight excluding hydrogens is 509 g/mol. The molecule has 0 radical (unpaired) electrons. The molecule has 0 aliphatic heterocycles. The third-order valence-corrected chi connectivity index (χ3v) is 8.50. The van der Waals surface area contributed by atoms with Gasteiger partial charge in [-0.15, -0.1) is 22.7 Å². The number of fused-ring (bicyclic) bond motifs is 1. The molecule has 0 N–H and O–H groups in total. The van der Waals surface area contributed by atoms with E-state index in [2.05, 4.69) is 43.3 Å². The lowest BCUT2D eigenvalue weighted by Crippen LogP contribution is -2.32. The number of hydrogen-bond acceptors (Lipinski definition) is 5. The van der Waals surface area contributed by atoms with Crippen LogP contribution in [0.25, 0.3) is 27.2 Å². The van der Waals surface area contributed by atoms with Crippen molar-refractivity contribution < 1.29 is 4.79 Å². The monoisotopic (exact) mass is 534 g/mol. The van der Waals surface area contributed by atoms with Gasteiger partial charge in [-0.1, -0.05) is 78.4 Å². The van der Waals surface area contributed by atoms with Crippen LogP contribution in [0.1, 0.15) is 26.5 Å². The summed E-state index contributed by atoms with van der Waals surface area (Å²) in [5.41, 5.74) is 6.22. The molecule has 188 valence electrons. The molecule has 0 bridgehead atoms. The van der Waals surface area contributed by atoms with E-state index in [9.17, 15) is 4.79 Å². The van der Waals surface area contributed by atoms with Crippen LogP contribution in [-0.2, 0) is 6.42 Å². The highest BCUT2D eigenvalue weighted by atomic mass is 32.1. The molecule has 3 aromatic carbocycles. The number of nitrogens with zero attached hydrogens (tertiary/aromatic N) is 4. The summed E-state index contributed by atoms with van der Waals surface area (Å²) in [6, 6.07) is 30.6. The first-order chi connectivity index (χ1) is 18.6. The number of aryl methyl sites for hydroxylation is 2. The highest BCUT2D eigenvalue weighted by Crippen LogP contribution is 2.34. The average molecular weight is 535 g/mol. The molecule has 0 fully saturated rings. The number of thiophene rings is 1. The molecule has 3 aromatic heterocycles. The van der Waals surface area contributed by atoms with Crippen LogP contribution < -0.4 is 4.90 Å². The minimum Gasteiger partial charge on any atom is -0.283 e. The first-order valence-electron chi connectivity index (χ1n) is 12.5. The average Bonchev–Trinajstić information content (AvgIpc) is 3.68. The Morgan fingerprint density at radius 2 is 1.63 bits per heavy atom. The standard InChI is InChI=1S/C31H26N4OS2/c1-21-13-15-24(16-14-21)27-20-37-31(32-27)34(18-17-23-9-5-3-6-10-23)29(36)28-19-26-22(2)33-35(30(26)38-28)25-11-7-4-8-12-25/h3-16,19-20H,17-18H2,1-2H3. The van der Waals surface area contributed by atoms with Gasteiger partial charge < -0.3 is 0 Å². The van der Waals surface area contributed by atoms with Crippen molar-refractivity contribution >= 4 is 43.9 Å². The Bertz CT molecular complexity index is 1700. The summed E-state index contributed by atoms with van der Waals surface area (Å²) in [5.74, 6) is -0.0362. The number of benzene rings is 3. The lowest BCUT2D eigenvalue weighted by molar-refractivity contribution is 0.0991. The first kappa shape index (κ1) is 24.3. The number of aromatic nitrogens is 3.